The molecule has 3 aliphatic rings. The second-order valence-corrected chi connectivity index (χ2v) is 7.91. The normalized spacial score (nSPS) is 29.5. The topological polar surface area (TPSA) is 52.7 Å². The summed E-state index contributed by atoms with van der Waals surface area (Å²) in [6, 6.07) is 0.275. The maximum Gasteiger partial charge on any atom is 0.227 e. The van der Waals surface area contributed by atoms with E-state index in [0.29, 0.717) is 38.0 Å². The van der Waals surface area contributed by atoms with Crippen LogP contribution in [-0.4, -0.2) is 60.4 Å². The van der Waals surface area contributed by atoms with Crippen LogP contribution in [0.3, 0.4) is 0 Å². The molecule has 136 valence electrons. The standard InChI is InChI=1S/C19H33N3O2/c1-15-17(8-5-9-20-15)19(24)22-12-10-21(11-13-22)18(23)14-16-6-3-2-4-7-16/h15-17,20H,2-14H2,1H3. The first-order chi connectivity index (χ1) is 11.6. The predicted octanol–water partition coefficient (Wildman–Crippen LogP) is 2.02. The summed E-state index contributed by atoms with van der Waals surface area (Å²) in [7, 11) is 0. The van der Waals surface area contributed by atoms with Crippen LogP contribution in [0, 0.1) is 11.8 Å². The molecule has 1 aliphatic carbocycles. The molecule has 5 heteroatoms. The van der Waals surface area contributed by atoms with Crippen LogP contribution in [0.1, 0.15) is 58.3 Å². The molecule has 2 amide bonds. The monoisotopic (exact) mass is 335 g/mol. The Morgan fingerprint density at radius 2 is 1.58 bits per heavy atom. The molecule has 2 saturated heterocycles. The lowest BCUT2D eigenvalue weighted by Gasteiger charge is -2.39. The zero-order valence-corrected chi connectivity index (χ0v) is 15.1. The number of amides is 2. The molecule has 5 nitrogen and oxygen atoms in total. The van der Waals surface area contributed by atoms with E-state index in [-0.39, 0.29) is 17.9 Å². The van der Waals surface area contributed by atoms with Crippen LogP contribution in [-0.2, 0) is 9.59 Å². The van der Waals surface area contributed by atoms with Crippen LogP contribution in [0.15, 0.2) is 0 Å². The van der Waals surface area contributed by atoms with Gasteiger partial charge in [-0.1, -0.05) is 19.3 Å². The van der Waals surface area contributed by atoms with Crippen molar-refractivity contribution >= 4 is 11.8 Å². The molecule has 0 bridgehead atoms. The van der Waals surface area contributed by atoms with Crippen molar-refractivity contribution in [3.05, 3.63) is 0 Å². The van der Waals surface area contributed by atoms with E-state index in [2.05, 4.69) is 12.2 Å². The van der Waals surface area contributed by atoms with E-state index < -0.39 is 0 Å². The number of nitrogens with zero attached hydrogens (tertiary/aromatic N) is 2. The molecule has 1 N–H and O–H groups in total. The molecule has 2 aliphatic heterocycles. The summed E-state index contributed by atoms with van der Waals surface area (Å²) >= 11 is 0. The Hall–Kier alpha value is -1.10. The molecule has 0 aromatic heterocycles. The molecule has 3 fully saturated rings. The van der Waals surface area contributed by atoms with E-state index in [1.54, 1.807) is 0 Å². The third kappa shape index (κ3) is 4.29. The second-order valence-electron chi connectivity index (χ2n) is 7.91. The van der Waals surface area contributed by atoms with Gasteiger partial charge in [-0.3, -0.25) is 9.59 Å². The SMILES string of the molecule is CC1NCCCC1C(=O)N1CCN(C(=O)CC2CCCCC2)CC1. The Bertz CT molecular complexity index is 440. The van der Waals surface area contributed by atoms with E-state index in [1.807, 2.05) is 9.80 Å². The van der Waals surface area contributed by atoms with Gasteiger partial charge in [0.25, 0.3) is 0 Å². The zero-order chi connectivity index (χ0) is 16.9. The lowest BCUT2D eigenvalue weighted by atomic mass is 9.86. The molecule has 0 radical (unpaired) electrons. The average Bonchev–Trinajstić information content (AvgIpc) is 2.62. The number of hydrogen-bond acceptors (Lipinski definition) is 3. The molecule has 0 aromatic rings. The van der Waals surface area contributed by atoms with E-state index in [0.717, 1.165) is 25.8 Å². The summed E-state index contributed by atoms with van der Waals surface area (Å²) in [4.78, 5) is 29.2. The van der Waals surface area contributed by atoms with Gasteiger partial charge in [0, 0.05) is 38.6 Å². The average molecular weight is 335 g/mol. The molecule has 2 unspecified atom stereocenters. The number of nitrogens with one attached hydrogen (secondary N) is 1. The fraction of sp³-hybridized carbons (Fsp3) is 0.895. The van der Waals surface area contributed by atoms with E-state index in [4.69, 9.17) is 0 Å². The molecular weight excluding hydrogens is 302 g/mol. The van der Waals surface area contributed by atoms with E-state index in [1.165, 1.54) is 32.1 Å². The van der Waals surface area contributed by atoms with Crippen LogP contribution >= 0.6 is 0 Å². The summed E-state index contributed by atoms with van der Waals surface area (Å²) in [6.07, 6.45) is 9.14. The maximum absolute atomic E-state index is 12.7. The Kier molecular flexibility index (Phi) is 6.14. The minimum absolute atomic E-state index is 0.114. The Labute approximate surface area is 146 Å². The van der Waals surface area contributed by atoms with Crippen molar-refractivity contribution in [3.63, 3.8) is 0 Å². The summed E-state index contributed by atoms with van der Waals surface area (Å²) in [5, 5.41) is 3.41. The molecule has 2 atom stereocenters. The van der Waals surface area contributed by atoms with Gasteiger partial charge >= 0.3 is 0 Å². The van der Waals surface area contributed by atoms with Crippen molar-refractivity contribution in [1.29, 1.82) is 0 Å². The molecule has 0 aromatic carbocycles. The van der Waals surface area contributed by atoms with Crippen molar-refractivity contribution in [2.24, 2.45) is 11.8 Å². The third-order valence-electron chi connectivity index (χ3n) is 6.21. The van der Waals surface area contributed by atoms with Gasteiger partial charge in [0.2, 0.25) is 11.8 Å². The lowest BCUT2D eigenvalue weighted by Crippen LogP contribution is -2.55. The first-order valence-corrected chi connectivity index (χ1v) is 9.95. The minimum Gasteiger partial charge on any atom is -0.339 e. The molecule has 2 heterocycles. The summed E-state index contributed by atoms with van der Waals surface area (Å²) in [5.74, 6) is 1.30. The van der Waals surface area contributed by atoms with Gasteiger partial charge in [0.05, 0.1) is 5.92 Å². The highest BCUT2D eigenvalue weighted by Gasteiger charge is 2.33. The lowest BCUT2D eigenvalue weighted by molar-refractivity contribution is -0.143. The quantitative estimate of drug-likeness (QED) is 0.858. The highest BCUT2D eigenvalue weighted by molar-refractivity contribution is 5.80. The number of rotatable bonds is 3. The van der Waals surface area contributed by atoms with Gasteiger partial charge in [-0.25, -0.2) is 0 Å². The van der Waals surface area contributed by atoms with Crippen LogP contribution in [0.2, 0.25) is 0 Å². The summed E-state index contributed by atoms with van der Waals surface area (Å²) in [6.45, 7) is 5.98. The summed E-state index contributed by atoms with van der Waals surface area (Å²) < 4.78 is 0. The Morgan fingerprint density at radius 1 is 0.917 bits per heavy atom. The van der Waals surface area contributed by atoms with Crippen LogP contribution in [0.5, 0.6) is 0 Å². The zero-order valence-electron chi connectivity index (χ0n) is 15.1. The Balaban J connectivity index is 1.44. The van der Waals surface area contributed by atoms with Crippen molar-refractivity contribution in [2.75, 3.05) is 32.7 Å². The molecule has 0 spiro atoms. The number of carbonyl (C=O) groups is 2. The van der Waals surface area contributed by atoms with Gasteiger partial charge in [-0.05, 0) is 45.1 Å². The molecule has 1 saturated carbocycles. The predicted molar refractivity (Wildman–Crippen MR) is 94.5 cm³/mol. The van der Waals surface area contributed by atoms with E-state index in [9.17, 15) is 9.59 Å². The number of piperazine rings is 1. The van der Waals surface area contributed by atoms with Crippen LogP contribution in [0.4, 0.5) is 0 Å². The molecule has 3 rings (SSSR count). The number of piperidine rings is 1. The van der Waals surface area contributed by atoms with Gasteiger partial charge in [0.1, 0.15) is 0 Å². The van der Waals surface area contributed by atoms with Crippen molar-refractivity contribution < 1.29 is 9.59 Å². The van der Waals surface area contributed by atoms with Crippen molar-refractivity contribution in [1.82, 2.24) is 15.1 Å². The largest absolute Gasteiger partial charge is 0.339 e. The molecular formula is C19H33N3O2. The smallest absolute Gasteiger partial charge is 0.227 e. The van der Waals surface area contributed by atoms with Crippen molar-refractivity contribution in [2.45, 2.75) is 64.3 Å². The summed E-state index contributed by atoms with van der Waals surface area (Å²) in [5.41, 5.74) is 0. The van der Waals surface area contributed by atoms with Crippen LogP contribution < -0.4 is 5.32 Å². The highest BCUT2D eigenvalue weighted by Crippen LogP contribution is 2.27. The number of hydrogen-bond donors (Lipinski definition) is 1. The molecule has 24 heavy (non-hydrogen) atoms. The maximum atomic E-state index is 12.7. The fourth-order valence-corrected chi connectivity index (χ4v) is 4.56. The van der Waals surface area contributed by atoms with Gasteiger partial charge < -0.3 is 15.1 Å². The highest BCUT2D eigenvalue weighted by atomic mass is 16.2. The van der Waals surface area contributed by atoms with Gasteiger partial charge in [-0.2, -0.15) is 0 Å². The van der Waals surface area contributed by atoms with E-state index >= 15 is 0 Å². The third-order valence-corrected chi connectivity index (χ3v) is 6.21. The van der Waals surface area contributed by atoms with Gasteiger partial charge in [-0.15, -0.1) is 0 Å². The number of carbonyl (C=O) groups excluding carboxylic acids is 2. The first-order valence-electron chi connectivity index (χ1n) is 9.95. The minimum atomic E-state index is 0.114. The second kappa shape index (κ2) is 8.32. The van der Waals surface area contributed by atoms with Crippen LogP contribution in [0.25, 0.3) is 0 Å². The Morgan fingerprint density at radius 3 is 2.25 bits per heavy atom. The fourth-order valence-electron chi connectivity index (χ4n) is 4.56. The van der Waals surface area contributed by atoms with Crippen molar-refractivity contribution in [3.8, 4) is 0 Å². The first kappa shape index (κ1) is 17.7. The van der Waals surface area contributed by atoms with Gasteiger partial charge in [0.15, 0.2) is 0 Å².